The molecule has 1 saturated carbocycles. The van der Waals surface area contributed by atoms with Crippen LogP contribution in [0.5, 0.6) is 0 Å². The van der Waals surface area contributed by atoms with Crippen molar-refractivity contribution in [1.29, 1.82) is 0 Å². The van der Waals surface area contributed by atoms with Gasteiger partial charge in [-0.3, -0.25) is 0 Å². The van der Waals surface area contributed by atoms with E-state index in [1.165, 1.54) is 29.2 Å². The van der Waals surface area contributed by atoms with Crippen LogP contribution in [0, 0.1) is 0 Å². The molecule has 1 aromatic carbocycles. The smallest absolute Gasteiger partial charge is 0.243 e. The molecule has 2 saturated heterocycles. The highest BCUT2D eigenvalue weighted by molar-refractivity contribution is 7.89. The van der Waals surface area contributed by atoms with Gasteiger partial charge in [-0.2, -0.15) is 4.31 Å². The third-order valence-electron chi connectivity index (χ3n) is 5.41. The molecule has 0 spiro atoms. The maximum Gasteiger partial charge on any atom is 0.243 e. The van der Waals surface area contributed by atoms with Crippen molar-refractivity contribution in [1.82, 2.24) is 9.03 Å². The Hall–Kier alpha value is -1.00. The van der Waals surface area contributed by atoms with Crippen molar-refractivity contribution >= 4 is 20.0 Å². The van der Waals surface area contributed by atoms with E-state index in [1.54, 1.807) is 4.31 Å². The molecular formula is C16H24N3O4S2+. The van der Waals surface area contributed by atoms with Crippen LogP contribution in [0.25, 0.3) is 0 Å². The van der Waals surface area contributed by atoms with Gasteiger partial charge in [0.25, 0.3) is 0 Å². The van der Waals surface area contributed by atoms with Gasteiger partial charge in [0.1, 0.15) is 6.04 Å². The number of benzene rings is 1. The molecule has 2 atom stereocenters. The van der Waals surface area contributed by atoms with E-state index in [9.17, 15) is 16.8 Å². The summed E-state index contributed by atoms with van der Waals surface area (Å²) in [6, 6.07) is 6.00. The van der Waals surface area contributed by atoms with Crippen LogP contribution in [0.1, 0.15) is 25.7 Å². The predicted molar refractivity (Wildman–Crippen MR) is 92.3 cm³/mol. The first kappa shape index (κ1) is 17.4. The zero-order chi connectivity index (χ0) is 17.7. The van der Waals surface area contributed by atoms with Crippen molar-refractivity contribution in [2.24, 2.45) is 0 Å². The van der Waals surface area contributed by atoms with Crippen LogP contribution >= 0.6 is 0 Å². The molecule has 2 N–H and O–H groups in total. The monoisotopic (exact) mass is 386 g/mol. The van der Waals surface area contributed by atoms with E-state index in [1.807, 2.05) is 0 Å². The van der Waals surface area contributed by atoms with Gasteiger partial charge in [0.05, 0.1) is 36.0 Å². The van der Waals surface area contributed by atoms with E-state index in [0.29, 0.717) is 19.1 Å². The molecule has 1 aromatic rings. The zero-order valence-electron chi connectivity index (χ0n) is 14.0. The van der Waals surface area contributed by atoms with Crippen molar-refractivity contribution in [3.8, 4) is 0 Å². The minimum absolute atomic E-state index is 0.0265. The maximum absolute atomic E-state index is 12.9. The van der Waals surface area contributed by atoms with Crippen LogP contribution < -0.4 is 9.62 Å². The van der Waals surface area contributed by atoms with Gasteiger partial charge < -0.3 is 4.90 Å². The average molecular weight is 387 g/mol. The Morgan fingerprint density at radius 2 is 1.64 bits per heavy atom. The normalized spacial score (nSPS) is 28.0. The summed E-state index contributed by atoms with van der Waals surface area (Å²) in [5.41, 5.74) is 0. The fourth-order valence-electron chi connectivity index (χ4n) is 3.79. The number of sulfonamides is 2. The van der Waals surface area contributed by atoms with E-state index in [2.05, 4.69) is 4.72 Å². The number of nitrogens with one attached hydrogen (secondary N) is 2. The quantitative estimate of drug-likeness (QED) is 0.692. The molecule has 25 heavy (non-hydrogen) atoms. The first-order chi connectivity index (χ1) is 11.9. The number of rotatable bonds is 5. The Morgan fingerprint density at radius 1 is 0.960 bits per heavy atom. The Bertz CT molecular complexity index is 848. The Morgan fingerprint density at radius 3 is 2.32 bits per heavy atom. The largest absolute Gasteiger partial charge is 0.330 e. The molecule has 4 rings (SSSR count). The van der Waals surface area contributed by atoms with Crippen molar-refractivity contribution < 1.29 is 21.7 Å². The first-order valence-corrected chi connectivity index (χ1v) is 11.8. The summed E-state index contributed by atoms with van der Waals surface area (Å²) in [5.74, 6) is 0. The highest BCUT2D eigenvalue weighted by Crippen LogP contribution is 2.24. The highest BCUT2D eigenvalue weighted by Gasteiger charge is 2.39. The van der Waals surface area contributed by atoms with Crippen LogP contribution in [0.2, 0.25) is 0 Å². The van der Waals surface area contributed by atoms with Crippen molar-refractivity contribution in [3.05, 3.63) is 24.3 Å². The lowest BCUT2D eigenvalue weighted by Gasteiger charge is -2.34. The average Bonchev–Trinajstić information content (AvgIpc) is 3.26. The number of fused-ring (bicyclic) bond motifs is 1. The lowest BCUT2D eigenvalue weighted by Crippen LogP contribution is -3.16. The van der Waals surface area contributed by atoms with Crippen LogP contribution in [-0.4, -0.2) is 59.4 Å². The Kier molecular flexibility index (Phi) is 4.40. The van der Waals surface area contributed by atoms with Crippen molar-refractivity contribution in [2.75, 3.05) is 26.2 Å². The molecule has 0 aromatic heterocycles. The Labute approximate surface area is 149 Å². The van der Waals surface area contributed by atoms with Crippen LogP contribution in [0.3, 0.4) is 0 Å². The summed E-state index contributed by atoms with van der Waals surface area (Å²) < 4.78 is 54.3. The molecular weight excluding hydrogens is 362 g/mol. The van der Waals surface area contributed by atoms with E-state index >= 15 is 0 Å². The van der Waals surface area contributed by atoms with Gasteiger partial charge in [0, 0.05) is 18.9 Å². The molecule has 1 aliphatic carbocycles. The molecule has 7 nitrogen and oxygen atoms in total. The summed E-state index contributed by atoms with van der Waals surface area (Å²) >= 11 is 0. The number of hydrogen-bond donors (Lipinski definition) is 2. The van der Waals surface area contributed by atoms with E-state index in [0.717, 1.165) is 38.8 Å². The number of nitrogens with zero attached hydrogens (tertiary/aromatic N) is 1. The third kappa shape index (κ3) is 3.48. The summed E-state index contributed by atoms with van der Waals surface area (Å²) in [5, 5.41) is 0. The molecule has 3 aliphatic rings. The van der Waals surface area contributed by atoms with Crippen LogP contribution in [0.4, 0.5) is 0 Å². The Balaban J connectivity index is 1.52. The van der Waals surface area contributed by atoms with Gasteiger partial charge in [0.15, 0.2) is 0 Å². The summed E-state index contributed by atoms with van der Waals surface area (Å²) in [6.07, 6.45) is 3.96. The van der Waals surface area contributed by atoms with E-state index < -0.39 is 20.0 Å². The standard InChI is InChI=1S/C16H23N3O4S2/c20-24(21,17-13-3-4-13)15-5-7-16(8-6-15)25(22,23)19-11-10-18-9-1-2-14(18)12-19/h5-8,13-14,17H,1-4,9-12H2/p+1/t14-/m1/s1. The second-order valence-corrected chi connectivity index (χ2v) is 10.9. The minimum atomic E-state index is -3.57. The second kappa shape index (κ2) is 6.31. The fraction of sp³-hybridized carbons (Fsp3) is 0.625. The first-order valence-electron chi connectivity index (χ1n) is 8.83. The number of quaternary nitrogens is 1. The van der Waals surface area contributed by atoms with Crippen molar-refractivity contribution in [2.45, 2.75) is 47.6 Å². The van der Waals surface area contributed by atoms with Gasteiger partial charge in [-0.1, -0.05) is 0 Å². The van der Waals surface area contributed by atoms with Gasteiger partial charge in [0.2, 0.25) is 20.0 Å². The molecule has 1 unspecified atom stereocenters. The van der Waals surface area contributed by atoms with Crippen LogP contribution in [0.15, 0.2) is 34.1 Å². The van der Waals surface area contributed by atoms with Gasteiger partial charge in [-0.15, -0.1) is 0 Å². The molecule has 0 amide bonds. The number of piperazine rings is 1. The molecule has 3 fully saturated rings. The SMILES string of the molecule is O=S(=O)(NC1CC1)c1ccc(S(=O)(=O)N2CC[NH+]3CCC[C@@H]3C2)cc1. The lowest BCUT2D eigenvalue weighted by molar-refractivity contribution is -0.916. The summed E-state index contributed by atoms with van der Waals surface area (Å²) in [6.45, 7) is 3.07. The second-order valence-electron chi connectivity index (χ2n) is 7.23. The predicted octanol–water partition coefficient (Wildman–Crippen LogP) is -0.821. The van der Waals surface area contributed by atoms with E-state index in [-0.39, 0.29) is 15.8 Å². The maximum atomic E-state index is 12.9. The van der Waals surface area contributed by atoms with Crippen molar-refractivity contribution in [3.63, 3.8) is 0 Å². The van der Waals surface area contributed by atoms with Crippen LogP contribution in [-0.2, 0) is 20.0 Å². The van der Waals surface area contributed by atoms with Gasteiger partial charge in [-0.05, 0) is 37.1 Å². The van der Waals surface area contributed by atoms with Gasteiger partial charge >= 0.3 is 0 Å². The highest BCUT2D eigenvalue weighted by atomic mass is 32.2. The molecule has 2 aliphatic heterocycles. The summed E-state index contributed by atoms with van der Waals surface area (Å²) in [7, 11) is -7.13. The topological polar surface area (TPSA) is 88.0 Å². The summed E-state index contributed by atoms with van der Waals surface area (Å²) in [4.78, 5) is 1.79. The molecule has 0 bridgehead atoms. The minimum Gasteiger partial charge on any atom is -0.330 e. The van der Waals surface area contributed by atoms with E-state index in [4.69, 9.17) is 0 Å². The zero-order valence-corrected chi connectivity index (χ0v) is 15.7. The number of hydrogen-bond acceptors (Lipinski definition) is 4. The van der Waals surface area contributed by atoms with Gasteiger partial charge in [-0.25, -0.2) is 21.6 Å². The third-order valence-corrected chi connectivity index (χ3v) is 8.82. The molecule has 9 heteroatoms. The molecule has 2 heterocycles. The molecule has 0 radical (unpaired) electrons. The lowest BCUT2D eigenvalue weighted by atomic mass is 10.2. The fourth-order valence-corrected chi connectivity index (χ4v) is 6.58. The molecule has 138 valence electrons.